The minimum absolute atomic E-state index is 0.0930. The number of rotatable bonds is 2. The summed E-state index contributed by atoms with van der Waals surface area (Å²) in [4.78, 5) is 11.4. The van der Waals surface area contributed by atoms with Crippen molar-refractivity contribution in [2.45, 2.75) is 46.6 Å². The van der Waals surface area contributed by atoms with E-state index in [0.717, 1.165) is 18.8 Å². The molecule has 0 aromatic rings. The molecule has 0 radical (unpaired) electrons. The van der Waals surface area contributed by atoms with Crippen LogP contribution in [0.2, 0.25) is 0 Å². The molecule has 0 saturated heterocycles. The number of hydrogen-bond donors (Lipinski definition) is 0. The molecule has 0 amide bonds. The third-order valence-electron chi connectivity index (χ3n) is 3.69. The van der Waals surface area contributed by atoms with Crippen molar-refractivity contribution in [3.05, 3.63) is 12.2 Å². The van der Waals surface area contributed by atoms with Crippen molar-refractivity contribution in [2.24, 2.45) is 17.8 Å². The van der Waals surface area contributed by atoms with E-state index in [-0.39, 0.29) is 12.1 Å². The predicted molar refractivity (Wildman–Crippen MR) is 61.4 cm³/mol. The normalized spacial score (nSPS) is 36.0. The Morgan fingerprint density at radius 3 is 2.07 bits per heavy atom. The van der Waals surface area contributed by atoms with Gasteiger partial charge in [-0.3, -0.25) is 0 Å². The van der Waals surface area contributed by atoms with Gasteiger partial charge in [-0.2, -0.15) is 0 Å². The van der Waals surface area contributed by atoms with Gasteiger partial charge in [0.15, 0.2) is 0 Å². The Bertz CT molecular complexity index is 245. The van der Waals surface area contributed by atoms with Crippen LogP contribution >= 0.6 is 0 Å². The van der Waals surface area contributed by atoms with E-state index < -0.39 is 0 Å². The van der Waals surface area contributed by atoms with Gasteiger partial charge in [0.2, 0.25) is 0 Å². The molecule has 1 aliphatic rings. The van der Waals surface area contributed by atoms with Crippen LogP contribution < -0.4 is 0 Å². The molecule has 0 bridgehead atoms. The Labute approximate surface area is 92.7 Å². The molecular formula is C13H22O2. The molecule has 15 heavy (non-hydrogen) atoms. The first-order valence-corrected chi connectivity index (χ1v) is 5.78. The van der Waals surface area contributed by atoms with Crippen LogP contribution in [0.5, 0.6) is 0 Å². The molecule has 1 fully saturated rings. The first-order valence-electron chi connectivity index (χ1n) is 5.78. The fourth-order valence-electron chi connectivity index (χ4n) is 2.26. The minimum atomic E-state index is -0.242. The lowest BCUT2D eigenvalue weighted by atomic mass is 9.73. The highest BCUT2D eigenvalue weighted by Gasteiger charge is 2.32. The largest absolute Gasteiger partial charge is 0.459 e. The molecule has 0 heterocycles. The van der Waals surface area contributed by atoms with Gasteiger partial charge in [0, 0.05) is 5.57 Å². The highest BCUT2D eigenvalue weighted by Crippen LogP contribution is 2.35. The first-order chi connectivity index (χ1) is 6.91. The molecule has 2 atom stereocenters. The Balaban J connectivity index is 2.51. The van der Waals surface area contributed by atoms with Gasteiger partial charge in [0.1, 0.15) is 6.10 Å². The van der Waals surface area contributed by atoms with Crippen molar-refractivity contribution in [1.82, 2.24) is 0 Å². The molecule has 0 N–H and O–H groups in total. The van der Waals surface area contributed by atoms with Gasteiger partial charge in [-0.15, -0.1) is 0 Å². The molecule has 0 aromatic carbocycles. The fourth-order valence-corrected chi connectivity index (χ4v) is 2.26. The Hall–Kier alpha value is -0.790. The summed E-state index contributed by atoms with van der Waals surface area (Å²) in [5, 5.41) is 0. The predicted octanol–water partition coefficient (Wildman–Crippen LogP) is 3.18. The Kier molecular flexibility index (Phi) is 3.95. The van der Waals surface area contributed by atoms with Gasteiger partial charge in [0.25, 0.3) is 0 Å². The number of esters is 1. The van der Waals surface area contributed by atoms with Crippen LogP contribution in [0.25, 0.3) is 0 Å². The monoisotopic (exact) mass is 210 g/mol. The molecule has 86 valence electrons. The molecule has 0 spiro atoms. The van der Waals surface area contributed by atoms with Gasteiger partial charge in [-0.25, -0.2) is 4.79 Å². The number of ether oxygens (including phenoxy) is 1. The van der Waals surface area contributed by atoms with Crippen molar-refractivity contribution < 1.29 is 9.53 Å². The summed E-state index contributed by atoms with van der Waals surface area (Å²) in [5.74, 6) is 1.76. The Morgan fingerprint density at radius 1 is 1.20 bits per heavy atom. The van der Waals surface area contributed by atoms with Gasteiger partial charge < -0.3 is 4.74 Å². The van der Waals surface area contributed by atoms with Gasteiger partial charge in [-0.05, 0) is 37.5 Å². The minimum Gasteiger partial charge on any atom is -0.459 e. The van der Waals surface area contributed by atoms with Crippen molar-refractivity contribution in [1.29, 1.82) is 0 Å². The lowest BCUT2D eigenvalue weighted by Crippen LogP contribution is -2.33. The SMILES string of the molecule is C=C(C)C(=O)OC1CC(C)C(C)C(C)C1. The molecule has 0 aromatic heterocycles. The van der Waals surface area contributed by atoms with Crippen LogP contribution in [0.4, 0.5) is 0 Å². The summed E-state index contributed by atoms with van der Waals surface area (Å²) in [6, 6.07) is 0. The highest BCUT2D eigenvalue weighted by atomic mass is 16.5. The van der Waals surface area contributed by atoms with Crippen LogP contribution in [0.15, 0.2) is 12.2 Å². The zero-order valence-corrected chi connectivity index (χ0v) is 10.2. The molecular weight excluding hydrogens is 188 g/mol. The van der Waals surface area contributed by atoms with Crippen LogP contribution in [-0.2, 0) is 9.53 Å². The maximum absolute atomic E-state index is 11.4. The van der Waals surface area contributed by atoms with Crippen LogP contribution in [0.1, 0.15) is 40.5 Å². The molecule has 2 nitrogen and oxygen atoms in total. The number of carbonyl (C=O) groups excluding carboxylic acids is 1. The average molecular weight is 210 g/mol. The fraction of sp³-hybridized carbons (Fsp3) is 0.769. The molecule has 1 saturated carbocycles. The second-order valence-electron chi connectivity index (χ2n) is 5.09. The van der Waals surface area contributed by atoms with Crippen LogP contribution in [0.3, 0.4) is 0 Å². The van der Waals surface area contributed by atoms with E-state index >= 15 is 0 Å². The van der Waals surface area contributed by atoms with Gasteiger partial charge >= 0.3 is 5.97 Å². The average Bonchev–Trinajstić information content (AvgIpc) is 2.13. The van der Waals surface area contributed by atoms with E-state index in [1.807, 2.05) is 0 Å². The summed E-state index contributed by atoms with van der Waals surface area (Å²) in [6.45, 7) is 12.1. The zero-order chi connectivity index (χ0) is 11.6. The molecule has 1 rings (SSSR count). The van der Waals surface area contributed by atoms with E-state index in [4.69, 9.17) is 4.74 Å². The molecule has 2 unspecified atom stereocenters. The van der Waals surface area contributed by atoms with E-state index in [1.165, 1.54) is 0 Å². The Morgan fingerprint density at radius 2 is 1.67 bits per heavy atom. The lowest BCUT2D eigenvalue weighted by Gasteiger charge is -2.36. The van der Waals surface area contributed by atoms with E-state index in [2.05, 4.69) is 27.4 Å². The van der Waals surface area contributed by atoms with E-state index in [0.29, 0.717) is 17.4 Å². The summed E-state index contributed by atoms with van der Waals surface area (Å²) < 4.78 is 5.40. The maximum Gasteiger partial charge on any atom is 0.333 e. The summed E-state index contributed by atoms with van der Waals surface area (Å²) in [5.41, 5.74) is 0.494. The molecule has 2 heteroatoms. The molecule has 1 aliphatic carbocycles. The van der Waals surface area contributed by atoms with Gasteiger partial charge in [-0.1, -0.05) is 27.4 Å². The van der Waals surface area contributed by atoms with Crippen molar-refractivity contribution in [3.8, 4) is 0 Å². The number of carbonyl (C=O) groups is 1. The van der Waals surface area contributed by atoms with E-state index in [1.54, 1.807) is 6.92 Å². The smallest absolute Gasteiger partial charge is 0.333 e. The van der Waals surface area contributed by atoms with Gasteiger partial charge in [0.05, 0.1) is 0 Å². The summed E-state index contributed by atoms with van der Waals surface area (Å²) in [6.07, 6.45) is 2.07. The van der Waals surface area contributed by atoms with Crippen LogP contribution in [-0.4, -0.2) is 12.1 Å². The maximum atomic E-state index is 11.4. The van der Waals surface area contributed by atoms with Crippen molar-refractivity contribution in [2.75, 3.05) is 0 Å². The van der Waals surface area contributed by atoms with Crippen molar-refractivity contribution in [3.63, 3.8) is 0 Å². The second-order valence-corrected chi connectivity index (χ2v) is 5.09. The van der Waals surface area contributed by atoms with Crippen LogP contribution in [0, 0.1) is 17.8 Å². The highest BCUT2D eigenvalue weighted by molar-refractivity contribution is 5.87. The molecule has 0 aliphatic heterocycles. The topological polar surface area (TPSA) is 26.3 Å². The third-order valence-corrected chi connectivity index (χ3v) is 3.69. The third kappa shape index (κ3) is 3.08. The summed E-state index contributed by atoms with van der Waals surface area (Å²) >= 11 is 0. The number of hydrogen-bond acceptors (Lipinski definition) is 2. The zero-order valence-electron chi connectivity index (χ0n) is 10.2. The first kappa shape index (κ1) is 12.3. The van der Waals surface area contributed by atoms with Crippen molar-refractivity contribution >= 4 is 5.97 Å². The lowest BCUT2D eigenvalue weighted by molar-refractivity contribution is -0.148. The second kappa shape index (κ2) is 4.82. The van der Waals surface area contributed by atoms with E-state index in [9.17, 15) is 4.79 Å². The quantitative estimate of drug-likeness (QED) is 0.517. The standard InChI is InChI=1S/C13H22O2/c1-8(2)13(14)15-12-6-9(3)11(5)10(4)7-12/h9-12H,1,6-7H2,2-5H3. The summed E-state index contributed by atoms with van der Waals surface area (Å²) in [7, 11) is 0.